The summed E-state index contributed by atoms with van der Waals surface area (Å²) in [5, 5.41) is 12.2. The fraction of sp³-hybridized carbons (Fsp3) is 0.583. The molecule has 0 saturated heterocycles. The Balaban J connectivity index is 2.05. The molecular weight excluding hydrogens is 410 g/mol. The van der Waals surface area contributed by atoms with Crippen molar-refractivity contribution in [2.45, 2.75) is 90.3 Å². The molecule has 1 atom stereocenters. The summed E-state index contributed by atoms with van der Waals surface area (Å²) in [6, 6.07) is 4.65. The van der Waals surface area contributed by atoms with Crippen molar-refractivity contribution in [3.63, 3.8) is 0 Å². The smallest absolute Gasteiger partial charge is 0.414 e. The number of aryl methyl sites for hydroxylation is 1. The van der Waals surface area contributed by atoms with Crippen LogP contribution in [0.25, 0.3) is 0 Å². The number of aliphatic imine (C=N–C) groups is 1. The Kier molecular flexibility index (Phi) is 6.62. The minimum absolute atomic E-state index is 0.131. The van der Waals surface area contributed by atoms with Crippen LogP contribution in [0.15, 0.2) is 23.2 Å². The van der Waals surface area contributed by atoms with Gasteiger partial charge < -0.3 is 9.84 Å². The number of benzene rings is 1. The van der Waals surface area contributed by atoms with Gasteiger partial charge in [0.05, 0.1) is 23.6 Å². The van der Waals surface area contributed by atoms with Gasteiger partial charge in [-0.3, -0.25) is 15.0 Å². The lowest BCUT2D eigenvalue weighted by Crippen LogP contribution is -2.56. The van der Waals surface area contributed by atoms with Gasteiger partial charge in [-0.05, 0) is 76.1 Å². The third kappa shape index (κ3) is 4.95. The average molecular weight is 444 g/mol. The number of carbonyl (C=O) groups excluding carboxylic acids is 2. The molecule has 1 heterocycles. The number of ether oxygens (including phenoxy) is 1. The van der Waals surface area contributed by atoms with Crippen molar-refractivity contribution in [1.29, 1.82) is 0 Å². The summed E-state index contributed by atoms with van der Waals surface area (Å²) in [6.07, 6.45) is 3.20. The van der Waals surface area contributed by atoms with Gasteiger partial charge in [0, 0.05) is 0 Å². The number of carbonyl (C=O) groups is 3. The van der Waals surface area contributed by atoms with E-state index in [2.05, 4.69) is 5.32 Å². The molecule has 0 bridgehead atoms. The Morgan fingerprint density at radius 3 is 2.56 bits per heavy atom. The highest BCUT2D eigenvalue weighted by atomic mass is 16.6. The van der Waals surface area contributed by atoms with E-state index in [1.807, 2.05) is 19.9 Å². The predicted molar refractivity (Wildman–Crippen MR) is 121 cm³/mol. The lowest BCUT2D eigenvalue weighted by atomic mass is 9.83. The van der Waals surface area contributed by atoms with Crippen LogP contribution in [0.3, 0.4) is 0 Å². The van der Waals surface area contributed by atoms with E-state index in [0.29, 0.717) is 19.3 Å². The van der Waals surface area contributed by atoms with Gasteiger partial charge in [0.15, 0.2) is 0 Å². The van der Waals surface area contributed by atoms with Crippen LogP contribution < -0.4 is 5.32 Å². The largest absolute Gasteiger partial charge is 0.478 e. The summed E-state index contributed by atoms with van der Waals surface area (Å²) < 4.78 is 5.42. The third-order valence-electron chi connectivity index (χ3n) is 6.24. The molecule has 1 aliphatic carbocycles. The number of hydrogen-bond acceptors (Lipinski definition) is 5. The Labute approximate surface area is 189 Å². The number of nitrogens with one attached hydrogen (secondary N) is 1. The number of rotatable bonds is 4. The van der Waals surface area contributed by atoms with Crippen LogP contribution in [0, 0.1) is 0 Å². The molecule has 2 amide bonds. The molecule has 0 fully saturated rings. The Morgan fingerprint density at radius 2 is 1.97 bits per heavy atom. The SMILES string of the molecule is CCC1(CC)CC(=O)N([C@@H]2CCCc3ccc(C(=O)O)cc32)C(NC(=O)OC(C)(C)C)=N1. The molecule has 0 spiro atoms. The molecule has 0 unspecified atom stereocenters. The van der Waals surface area contributed by atoms with Crippen molar-refractivity contribution >= 4 is 23.9 Å². The van der Waals surface area contributed by atoms with Crippen LogP contribution >= 0.6 is 0 Å². The Hall–Kier alpha value is -2.90. The van der Waals surface area contributed by atoms with Crippen LogP contribution in [0.1, 0.15) is 94.2 Å². The van der Waals surface area contributed by atoms with Crippen molar-refractivity contribution in [3.8, 4) is 0 Å². The zero-order chi connectivity index (χ0) is 23.7. The number of guanidine groups is 1. The minimum Gasteiger partial charge on any atom is -0.478 e. The first-order chi connectivity index (χ1) is 15.0. The topological polar surface area (TPSA) is 108 Å². The van der Waals surface area contributed by atoms with Crippen LogP contribution in [-0.2, 0) is 16.0 Å². The van der Waals surface area contributed by atoms with Crippen LogP contribution in [0.4, 0.5) is 4.79 Å². The van der Waals surface area contributed by atoms with Crippen molar-refractivity contribution in [3.05, 3.63) is 34.9 Å². The van der Waals surface area contributed by atoms with E-state index in [4.69, 9.17) is 9.73 Å². The number of nitrogens with zero attached hydrogens (tertiary/aromatic N) is 2. The van der Waals surface area contributed by atoms with Crippen molar-refractivity contribution in [1.82, 2.24) is 10.2 Å². The second-order valence-corrected chi connectivity index (χ2v) is 9.56. The molecule has 1 aliphatic heterocycles. The van der Waals surface area contributed by atoms with E-state index in [9.17, 15) is 19.5 Å². The molecule has 2 aliphatic rings. The summed E-state index contributed by atoms with van der Waals surface area (Å²) >= 11 is 0. The number of aromatic carboxylic acids is 1. The minimum atomic E-state index is -1.01. The highest BCUT2D eigenvalue weighted by Gasteiger charge is 2.43. The first kappa shape index (κ1) is 23.8. The fourth-order valence-corrected chi connectivity index (χ4v) is 4.44. The fourth-order valence-electron chi connectivity index (χ4n) is 4.44. The quantitative estimate of drug-likeness (QED) is 0.715. The Morgan fingerprint density at radius 1 is 1.28 bits per heavy atom. The lowest BCUT2D eigenvalue weighted by molar-refractivity contribution is -0.132. The molecule has 0 aromatic heterocycles. The van der Waals surface area contributed by atoms with Gasteiger partial charge in [0.25, 0.3) is 0 Å². The van der Waals surface area contributed by atoms with E-state index < -0.39 is 29.2 Å². The second-order valence-electron chi connectivity index (χ2n) is 9.56. The second kappa shape index (κ2) is 8.92. The molecule has 174 valence electrons. The maximum atomic E-state index is 13.5. The van der Waals surface area contributed by atoms with Crippen LogP contribution in [0.5, 0.6) is 0 Å². The van der Waals surface area contributed by atoms with E-state index in [1.165, 1.54) is 4.90 Å². The number of carboxylic acids is 1. The number of amides is 2. The average Bonchev–Trinajstić information content (AvgIpc) is 2.71. The van der Waals surface area contributed by atoms with E-state index in [1.54, 1.807) is 32.9 Å². The molecule has 0 radical (unpaired) electrons. The molecule has 2 N–H and O–H groups in total. The van der Waals surface area contributed by atoms with Gasteiger partial charge in [0.1, 0.15) is 5.60 Å². The molecule has 8 heteroatoms. The summed E-state index contributed by atoms with van der Waals surface area (Å²) in [5.74, 6) is -0.968. The maximum absolute atomic E-state index is 13.5. The van der Waals surface area contributed by atoms with Gasteiger partial charge in [0.2, 0.25) is 11.9 Å². The molecular formula is C24H33N3O5. The summed E-state index contributed by atoms with van der Waals surface area (Å²) in [6.45, 7) is 9.27. The molecule has 3 rings (SSSR count). The maximum Gasteiger partial charge on any atom is 0.414 e. The summed E-state index contributed by atoms with van der Waals surface area (Å²) in [4.78, 5) is 44.0. The molecule has 32 heavy (non-hydrogen) atoms. The van der Waals surface area contributed by atoms with Gasteiger partial charge in [-0.15, -0.1) is 0 Å². The van der Waals surface area contributed by atoms with Crippen molar-refractivity contribution in [2.24, 2.45) is 4.99 Å². The Bertz CT molecular complexity index is 943. The highest BCUT2D eigenvalue weighted by molar-refractivity contribution is 6.05. The lowest BCUT2D eigenvalue weighted by Gasteiger charge is -2.42. The van der Waals surface area contributed by atoms with Crippen molar-refractivity contribution in [2.75, 3.05) is 0 Å². The first-order valence-corrected chi connectivity index (χ1v) is 11.3. The number of alkyl carbamates (subject to hydrolysis) is 1. The highest BCUT2D eigenvalue weighted by Crippen LogP contribution is 2.39. The predicted octanol–water partition coefficient (Wildman–Crippen LogP) is 4.43. The molecule has 8 nitrogen and oxygen atoms in total. The first-order valence-electron chi connectivity index (χ1n) is 11.3. The van der Waals surface area contributed by atoms with Gasteiger partial charge in [-0.2, -0.15) is 0 Å². The van der Waals surface area contributed by atoms with Crippen molar-refractivity contribution < 1.29 is 24.2 Å². The summed E-state index contributed by atoms with van der Waals surface area (Å²) in [7, 11) is 0. The molecule has 1 aromatic carbocycles. The monoisotopic (exact) mass is 443 g/mol. The van der Waals surface area contributed by atoms with E-state index in [-0.39, 0.29) is 23.9 Å². The van der Waals surface area contributed by atoms with Gasteiger partial charge >= 0.3 is 12.1 Å². The third-order valence-corrected chi connectivity index (χ3v) is 6.24. The zero-order valence-electron chi connectivity index (χ0n) is 19.5. The molecule has 0 saturated carbocycles. The number of hydrogen-bond donors (Lipinski definition) is 2. The van der Waals surface area contributed by atoms with E-state index >= 15 is 0 Å². The number of carboxylic acid groups (broad SMARTS) is 1. The van der Waals surface area contributed by atoms with Gasteiger partial charge in [-0.25, -0.2) is 14.6 Å². The van der Waals surface area contributed by atoms with E-state index in [0.717, 1.165) is 24.0 Å². The van der Waals surface area contributed by atoms with Gasteiger partial charge in [-0.1, -0.05) is 19.9 Å². The standard InChI is InChI=1S/C24H33N3O5/c1-6-24(7-2)14-19(28)27(21(26-24)25-22(31)32-23(3,4)5)18-10-8-9-15-11-12-16(20(29)30)13-17(15)18/h11-13,18H,6-10,14H2,1-5H3,(H,29,30)(H,25,26,31)/t18-/m1/s1. The molecule has 1 aromatic rings. The van der Waals surface area contributed by atoms with Crippen LogP contribution in [-0.4, -0.2) is 45.1 Å². The zero-order valence-corrected chi connectivity index (χ0v) is 19.5. The summed E-state index contributed by atoms with van der Waals surface area (Å²) in [5.41, 5.74) is 0.699. The normalized spacial score (nSPS) is 20.3. The van der Waals surface area contributed by atoms with Crippen LogP contribution in [0.2, 0.25) is 0 Å². The number of fused-ring (bicyclic) bond motifs is 1.